The van der Waals surface area contributed by atoms with Gasteiger partial charge in [-0.15, -0.1) is 0 Å². The van der Waals surface area contributed by atoms with Crippen molar-refractivity contribution in [2.45, 2.75) is 38.6 Å². The molecule has 2 rings (SSSR count). The number of halogens is 1. The molecular formula is C16H23FN2O3S. The monoisotopic (exact) mass is 342 g/mol. The SMILES string of the molecule is C[C@@H]1CCCC[C@H]1NS(=O)(=O)CCNC(=O)c1ccc(F)cc1. The molecule has 1 amide bonds. The van der Waals surface area contributed by atoms with Crippen LogP contribution in [0.5, 0.6) is 0 Å². The fraction of sp³-hybridized carbons (Fsp3) is 0.562. The van der Waals surface area contributed by atoms with E-state index in [4.69, 9.17) is 0 Å². The molecule has 0 aromatic heterocycles. The summed E-state index contributed by atoms with van der Waals surface area (Å²) in [5, 5.41) is 2.54. The Bertz CT molecular complexity index is 631. The van der Waals surface area contributed by atoms with Gasteiger partial charge in [0.1, 0.15) is 5.82 Å². The van der Waals surface area contributed by atoms with Gasteiger partial charge in [-0.3, -0.25) is 4.79 Å². The number of carbonyl (C=O) groups excluding carboxylic acids is 1. The standard InChI is InChI=1S/C16H23FN2O3S/c1-12-4-2-3-5-15(12)19-23(21,22)11-10-18-16(20)13-6-8-14(17)9-7-13/h6-9,12,15,19H,2-5,10-11H2,1H3,(H,18,20)/t12-,15-/m1/s1. The number of nitrogens with one attached hydrogen (secondary N) is 2. The fourth-order valence-electron chi connectivity index (χ4n) is 2.78. The Morgan fingerprint density at radius 3 is 2.52 bits per heavy atom. The van der Waals surface area contributed by atoms with Gasteiger partial charge in [-0.2, -0.15) is 0 Å². The molecule has 128 valence electrons. The summed E-state index contributed by atoms with van der Waals surface area (Å²) in [6, 6.07) is 5.10. The topological polar surface area (TPSA) is 75.3 Å². The number of hydrogen-bond acceptors (Lipinski definition) is 3. The largest absolute Gasteiger partial charge is 0.351 e. The number of rotatable bonds is 6. The lowest BCUT2D eigenvalue weighted by Crippen LogP contribution is -2.43. The van der Waals surface area contributed by atoms with Crippen LogP contribution in [-0.4, -0.2) is 32.7 Å². The summed E-state index contributed by atoms with van der Waals surface area (Å²) >= 11 is 0. The van der Waals surface area contributed by atoms with Crippen LogP contribution >= 0.6 is 0 Å². The molecule has 23 heavy (non-hydrogen) atoms. The summed E-state index contributed by atoms with van der Waals surface area (Å²) in [4.78, 5) is 11.8. The van der Waals surface area contributed by atoms with Gasteiger partial charge in [-0.1, -0.05) is 19.8 Å². The molecule has 2 N–H and O–H groups in total. The zero-order chi connectivity index (χ0) is 16.9. The molecule has 1 fully saturated rings. The lowest BCUT2D eigenvalue weighted by Gasteiger charge is -2.29. The number of carbonyl (C=O) groups is 1. The highest BCUT2D eigenvalue weighted by Crippen LogP contribution is 2.24. The second-order valence-electron chi connectivity index (χ2n) is 6.07. The molecule has 0 aliphatic heterocycles. The van der Waals surface area contributed by atoms with Gasteiger partial charge in [-0.25, -0.2) is 17.5 Å². The van der Waals surface area contributed by atoms with Gasteiger partial charge in [0.2, 0.25) is 10.0 Å². The van der Waals surface area contributed by atoms with Crippen molar-refractivity contribution < 1.29 is 17.6 Å². The van der Waals surface area contributed by atoms with E-state index in [1.807, 2.05) is 0 Å². The van der Waals surface area contributed by atoms with Crippen LogP contribution in [0, 0.1) is 11.7 Å². The van der Waals surface area contributed by atoms with E-state index in [1.165, 1.54) is 24.3 Å². The van der Waals surface area contributed by atoms with E-state index in [2.05, 4.69) is 17.0 Å². The van der Waals surface area contributed by atoms with E-state index >= 15 is 0 Å². The minimum Gasteiger partial charge on any atom is -0.351 e. The van der Waals surface area contributed by atoms with E-state index in [0.29, 0.717) is 11.5 Å². The number of sulfonamides is 1. The minimum absolute atomic E-state index is 0.0125. The number of amides is 1. The third-order valence-corrected chi connectivity index (χ3v) is 5.61. The van der Waals surface area contributed by atoms with Crippen molar-refractivity contribution in [3.05, 3.63) is 35.6 Å². The molecule has 2 atom stereocenters. The highest BCUT2D eigenvalue weighted by atomic mass is 32.2. The predicted molar refractivity (Wildman–Crippen MR) is 87.1 cm³/mol. The normalized spacial score (nSPS) is 21.8. The smallest absolute Gasteiger partial charge is 0.251 e. The second kappa shape index (κ2) is 7.88. The Labute approximate surface area is 136 Å². The van der Waals surface area contributed by atoms with Crippen molar-refractivity contribution in [1.29, 1.82) is 0 Å². The quantitative estimate of drug-likeness (QED) is 0.831. The van der Waals surface area contributed by atoms with Crippen molar-refractivity contribution in [1.82, 2.24) is 10.0 Å². The maximum absolute atomic E-state index is 12.8. The summed E-state index contributed by atoms with van der Waals surface area (Å²) in [6.45, 7) is 2.08. The molecule has 0 saturated heterocycles. The molecule has 0 unspecified atom stereocenters. The molecule has 1 aliphatic rings. The van der Waals surface area contributed by atoms with Gasteiger partial charge in [0.25, 0.3) is 5.91 Å². The first-order valence-corrected chi connectivity index (χ1v) is 9.56. The average molecular weight is 342 g/mol. The van der Waals surface area contributed by atoms with Crippen LogP contribution in [0.15, 0.2) is 24.3 Å². The summed E-state index contributed by atoms with van der Waals surface area (Å²) in [5.41, 5.74) is 0.303. The van der Waals surface area contributed by atoms with Crippen LogP contribution in [0.4, 0.5) is 4.39 Å². The van der Waals surface area contributed by atoms with Crippen LogP contribution in [0.2, 0.25) is 0 Å². The molecule has 0 spiro atoms. The molecule has 1 saturated carbocycles. The predicted octanol–water partition coefficient (Wildman–Crippen LogP) is 2.05. The molecule has 5 nitrogen and oxygen atoms in total. The number of hydrogen-bond donors (Lipinski definition) is 2. The van der Waals surface area contributed by atoms with Gasteiger partial charge >= 0.3 is 0 Å². The number of benzene rings is 1. The first-order valence-electron chi connectivity index (χ1n) is 7.91. The summed E-state index contributed by atoms with van der Waals surface area (Å²) in [6.07, 6.45) is 4.09. The molecular weight excluding hydrogens is 319 g/mol. The Balaban J connectivity index is 1.80. The lowest BCUT2D eigenvalue weighted by atomic mass is 9.87. The lowest BCUT2D eigenvalue weighted by molar-refractivity contribution is 0.0956. The first-order chi connectivity index (χ1) is 10.9. The van der Waals surface area contributed by atoms with Crippen LogP contribution in [-0.2, 0) is 10.0 Å². The summed E-state index contributed by atoms with van der Waals surface area (Å²) in [7, 11) is -3.42. The van der Waals surface area contributed by atoms with Crippen LogP contribution in [0.1, 0.15) is 43.0 Å². The maximum atomic E-state index is 12.8. The van der Waals surface area contributed by atoms with Crippen molar-refractivity contribution in [2.75, 3.05) is 12.3 Å². The Morgan fingerprint density at radius 2 is 1.87 bits per heavy atom. The molecule has 0 heterocycles. The maximum Gasteiger partial charge on any atom is 0.251 e. The van der Waals surface area contributed by atoms with E-state index in [9.17, 15) is 17.6 Å². The minimum atomic E-state index is -3.42. The zero-order valence-electron chi connectivity index (χ0n) is 13.2. The highest BCUT2D eigenvalue weighted by Gasteiger charge is 2.25. The van der Waals surface area contributed by atoms with Gasteiger partial charge in [0.05, 0.1) is 5.75 Å². The Morgan fingerprint density at radius 1 is 1.22 bits per heavy atom. The molecule has 7 heteroatoms. The van der Waals surface area contributed by atoms with Gasteiger partial charge in [0, 0.05) is 18.2 Å². The first kappa shape index (κ1) is 17.9. The van der Waals surface area contributed by atoms with E-state index in [-0.39, 0.29) is 18.3 Å². The highest BCUT2D eigenvalue weighted by molar-refractivity contribution is 7.89. The van der Waals surface area contributed by atoms with Crippen LogP contribution in [0.3, 0.4) is 0 Å². The van der Waals surface area contributed by atoms with Gasteiger partial charge < -0.3 is 5.32 Å². The molecule has 0 radical (unpaired) electrons. The molecule has 1 aromatic rings. The van der Waals surface area contributed by atoms with Crippen LogP contribution in [0.25, 0.3) is 0 Å². The van der Waals surface area contributed by atoms with Crippen molar-refractivity contribution in [2.24, 2.45) is 5.92 Å². The van der Waals surface area contributed by atoms with E-state index in [0.717, 1.165) is 25.7 Å². The Kier molecular flexibility index (Phi) is 6.12. The van der Waals surface area contributed by atoms with Crippen molar-refractivity contribution in [3.63, 3.8) is 0 Å². The molecule has 1 aliphatic carbocycles. The summed E-state index contributed by atoms with van der Waals surface area (Å²) < 4.78 is 39.7. The molecule has 1 aromatic carbocycles. The van der Waals surface area contributed by atoms with E-state index < -0.39 is 21.7 Å². The van der Waals surface area contributed by atoms with Crippen molar-refractivity contribution in [3.8, 4) is 0 Å². The van der Waals surface area contributed by atoms with E-state index in [1.54, 1.807) is 0 Å². The second-order valence-corrected chi connectivity index (χ2v) is 7.94. The van der Waals surface area contributed by atoms with Crippen LogP contribution < -0.4 is 10.0 Å². The average Bonchev–Trinajstić information content (AvgIpc) is 2.50. The zero-order valence-corrected chi connectivity index (χ0v) is 14.0. The van der Waals surface area contributed by atoms with Gasteiger partial charge in [-0.05, 0) is 43.0 Å². The third kappa shape index (κ3) is 5.58. The fourth-order valence-corrected chi connectivity index (χ4v) is 4.08. The third-order valence-electron chi connectivity index (χ3n) is 4.21. The summed E-state index contributed by atoms with van der Waals surface area (Å²) in [5.74, 6) is -0.656. The van der Waals surface area contributed by atoms with Crippen molar-refractivity contribution >= 4 is 15.9 Å². The Hall–Kier alpha value is -1.47. The van der Waals surface area contributed by atoms with Gasteiger partial charge in [0.15, 0.2) is 0 Å². The molecule has 0 bridgehead atoms.